The van der Waals surface area contributed by atoms with Gasteiger partial charge in [0.1, 0.15) is 12.1 Å². The van der Waals surface area contributed by atoms with Gasteiger partial charge in [-0.25, -0.2) is 19.2 Å². The molecular weight excluding hydrogens is 554 g/mol. The minimum atomic E-state index is -0.350. The number of aryl methyl sites for hydroxylation is 1. The van der Waals surface area contributed by atoms with E-state index in [9.17, 15) is 0 Å². The van der Waals surface area contributed by atoms with Crippen LogP contribution in [-0.4, -0.2) is 42.7 Å². The number of hydrogen-bond donors (Lipinski definition) is 0. The molecule has 0 unspecified atom stereocenters. The molecule has 0 saturated carbocycles. The molecular formula is C31H24ClN7O3. The second-order valence-corrected chi connectivity index (χ2v) is 10.1. The number of fused-ring (bicyclic) bond motifs is 4. The highest BCUT2D eigenvalue weighted by molar-refractivity contribution is 6.31. The average Bonchev–Trinajstić information content (AvgIpc) is 3.60. The number of halogens is 1. The second-order valence-electron chi connectivity index (χ2n) is 9.65. The first-order valence-electron chi connectivity index (χ1n) is 13.2. The molecule has 3 aromatic heterocycles. The summed E-state index contributed by atoms with van der Waals surface area (Å²) < 4.78 is 15.1. The topological polar surface area (TPSA) is 101 Å². The van der Waals surface area contributed by atoms with Crippen LogP contribution in [0.5, 0.6) is 17.5 Å². The van der Waals surface area contributed by atoms with E-state index in [0.29, 0.717) is 28.3 Å². The standard InChI is InChI=1S/C31H24ClN7O3/c1-19-26-27(23-10-6-7-11-24(23)32)28-29-35-25(17-41-34-16-20-12-14-22(40-2)15-13-20)37-38(29)18-33-30(28)42-31(26)39(36-19)21-8-4-3-5-9-21/h3-16,18,27H,17H2,1-2H3/b34-16+/t27-/m0/s1. The van der Waals surface area contributed by atoms with Crippen molar-refractivity contribution in [1.29, 1.82) is 0 Å². The lowest BCUT2D eigenvalue weighted by Gasteiger charge is -2.27. The molecule has 42 heavy (non-hydrogen) atoms. The van der Waals surface area contributed by atoms with Crippen LogP contribution in [0.1, 0.15) is 39.7 Å². The van der Waals surface area contributed by atoms with Crippen molar-refractivity contribution in [2.75, 3.05) is 7.11 Å². The minimum absolute atomic E-state index is 0.0664. The van der Waals surface area contributed by atoms with Gasteiger partial charge < -0.3 is 14.3 Å². The molecule has 10 nitrogen and oxygen atoms in total. The third-order valence-corrected chi connectivity index (χ3v) is 7.41. The van der Waals surface area contributed by atoms with Crippen LogP contribution in [0, 0.1) is 6.92 Å². The van der Waals surface area contributed by atoms with Gasteiger partial charge in [0.05, 0.1) is 41.8 Å². The van der Waals surface area contributed by atoms with E-state index in [0.717, 1.165) is 39.4 Å². The molecule has 0 spiro atoms. The summed E-state index contributed by atoms with van der Waals surface area (Å²) in [5, 5.41) is 14.1. The molecule has 1 aliphatic rings. The van der Waals surface area contributed by atoms with E-state index in [2.05, 4.69) is 15.2 Å². The van der Waals surface area contributed by atoms with Crippen LogP contribution in [0.4, 0.5) is 0 Å². The molecule has 7 rings (SSSR count). The van der Waals surface area contributed by atoms with Gasteiger partial charge in [0.15, 0.2) is 18.1 Å². The summed E-state index contributed by atoms with van der Waals surface area (Å²) in [7, 11) is 1.63. The fourth-order valence-corrected chi connectivity index (χ4v) is 5.38. The molecule has 0 bridgehead atoms. The first-order chi connectivity index (χ1) is 20.6. The van der Waals surface area contributed by atoms with Crippen molar-refractivity contribution >= 4 is 23.5 Å². The van der Waals surface area contributed by atoms with Gasteiger partial charge in [0, 0.05) is 5.02 Å². The maximum Gasteiger partial charge on any atom is 0.230 e. The van der Waals surface area contributed by atoms with Crippen molar-refractivity contribution in [3.05, 3.63) is 124 Å². The highest BCUT2D eigenvalue weighted by Gasteiger charge is 2.38. The number of hydrogen-bond acceptors (Lipinski definition) is 8. The van der Waals surface area contributed by atoms with Gasteiger partial charge >= 0.3 is 0 Å². The Morgan fingerprint density at radius 3 is 2.55 bits per heavy atom. The lowest BCUT2D eigenvalue weighted by molar-refractivity contribution is 0.126. The fraction of sp³-hybridized carbons (Fsp3) is 0.129. The van der Waals surface area contributed by atoms with Gasteiger partial charge in [-0.3, -0.25) is 0 Å². The Balaban J connectivity index is 1.28. The number of ether oxygens (including phenoxy) is 2. The number of benzene rings is 3. The minimum Gasteiger partial charge on any atom is -0.497 e. The Hall–Kier alpha value is -5.22. The molecule has 0 radical (unpaired) electrons. The summed E-state index contributed by atoms with van der Waals surface area (Å²) in [5.41, 5.74) is 5.66. The van der Waals surface area contributed by atoms with Crippen LogP contribution in [0.3, 0.4) is 0 Å². The summed E-state index contributed by atoms with van der Waals surface area (Å²) in [6.45, 7) is 2.03. The number of oxime groups is 1. The quantitative estimate of drug-likeness (QED) is 0.166. The fourth-order valence-electron chi connectivity index (χ4n) is 5.13. The van der Waals surface area contributed by atoms with Crippen LogP contribution >= 0.6 is 11.6 Å². The highest BCUT2D eigenvalue weighted by Crippen LogP contribution is 2.50. The molecule has 0 saturated heterocycles. The highest BCUT2D eigenvalue weighted by atomic mass is 35.5. The van der Waals surface area contributed by atoms with E-state index < -0.39 is 0 Å². The number of methoxy groups -OCH3 is 1. The summed E-state index contributed by atoms with van der Waals surface area (Å²) in [6.07, 6.45) is 3.20. The first-order valence-corrected chi connectivity index (χ1v) is 13.6. The van der Waals surface area contributed by atoms with Gasteiger partial charge in [-0.1, -0.05) is 53.2 Å². The monoisotopic (exact) mass is 577 g/mol. The predicted molar refractivity (Wildman–Crippen MR) is 157 cm³/mol. The van der Waals surface area contributed by atoms with Gasteiger partial charge in [-0.15, -0.1) is 5.10 Å². The van der Waals surface area contributed by atoms with Crippen LogP contribution in [0.15, 0.2) is 90.3 Å². The summed E-state index contributed by atoms with van der Waals surface area (Å²) in [4.78, 5) is 15.0. The summed E-state index contributed by atoms with van der Waals surface area (Å²) >= 11 is 6.80. The number of nitrogens with zero attached hydrogens (tertiary/aromatic N) is 7. The predicted octanol–water partition coefficient (Wildman–Crippen LogP) is 6.12. The first kappa shape index (κ1) is 25.7. The van der Waals surface area contributed by atoms with Crippen LogP contribution in [0.25, 0.3) is 11.3 Å². The maximum absolute atomic E-state index is 6.80. The smallest absolute Gasteiger partial charge is 0.230 e. The molecule has 0 fully saturated rings. The second kappa shape index (κ2) is 10.6. The lowest BCUT2D eigenvalue weighted by Crippen LogP contribution is -2.16. The van der Waals surface area contributed by atoms with Crippen molar-refractivity contribution in [2.45, 2.75) is 19.4 Å². The average molecular weight is 578 g/mol. The lowest BCUT2D eigenvalue weighted by atomic mass is 9.84. The molecule has 3 aromatic carbocycles. The zero-order valence-corrected chi connectivity index (χ0v) is 23.4. The third kappa shape index (κ3) is 4.51. The largest absolute Gasteiger partial charge is 0.497 e. The van der Waals surface area contributed by atoms with Crippen molar-refractivity contribution in [3.63, 3.8) is 0 Å². The van der Waals surface area contributed by atoms with E-state index in [1.54, 1.807) is 28.8 Å². The number of aromatic nitrogens is 6. The van der Waals surface area contributed by atoms with Crippen LogP contribution in [0.2, 0.25) is 5.02 Å². The molecule has 0 N–H and O–H groups in total. The van der Waals surface area contributed by atoms with Crippen LogP contribution < -0.4 is 9.47 Å². The number of rotatable bonds is 7. The zero-order chi connectivity index (χ0) is 28.6. The third-order valence-electron chi connectivity index (χ3n) is 7.07. The van der Waals surface area contributed by atoms with Crippen molar-refractivity contribution in [3.8, 4) is 23.2 Å². The molecule has 6 aromatic rings. The molecule has 1 aliphatic heterocycles. The SMILES string of the molecule is COc1ccc(/C=N/OCc2nc3c4c(ncn3n2)Oc2c(c(C)nn2-c2ccccc2)[C@@H]4c2ccccc2Cl)cc1. The normalized spacial score (nSPS) is 14.0. The van der Waals surface area contributed by atoms with E-state index >= 15 is 0 Å². The van der Waals surface area contributed by atoms with Crippen molar-refractivity contribution < 1.29 is 14.3 Å². The molecule has 0 aliphatic carbocycles. The molecule has 1 atom stereocenters. The van der Waals surface area contributed by atoms with Crippen LogP contribution in [-0.2, 0) is 11.4 Å². The Labute approximate surface area is 245 Å². The zero-order valence-electron chi connectivity index (χ0n) is 22.7. The Bertz CT molecular complexity index is 1930. The van der Waals surface area contributed by atoms with Gasteiger partial charge in [-0.2, -0.15) is 5.10 Å². The Morgan fingerprint density at radius 1 is 0.976 bits per heavy atom. The maximum atomic E-state index is 6.80. The van der Waals surface area contributed by atoms with Gasteiger partial charge in [0.25, 0.3) is 0 Å². The van der Waals surface area contributed by atoms with Gasteiger partial charge in [0.2, 0.25) is 11.8 Å². The van der Waals surface area contributed by atoms with Gasteiger partial charge in [-0.05, 0) is 60.5 Å². The summed E-state index contributed by atoms with van der Waals surface area (Å²) in [6, 6.07) is 25.1. The summed E-state index contributed by atoms with van der Waals surface area (Å²) in [5.74, 6) is 1.86. The van der Waals surface area contributed by atoms with E-state index in [1.165, 1.54) is 0 Å². The molecule has 4 heterocycles. The number of para-hydroxylation sites is 1. The van der Waals surface area contributed by atoms with Crippen molar-refractivity contribution in [1.82, 2.24) is 29.4 Å². The van der Waals surface area contributed by atoms with E-state index in [1.807, 2.05) is 85.8 Å². The molecule has 0 amide bonds. The Kier molecular flexibility index (Phi) is 6.52. The Morgan fingerprint density at radius 2 is 1.76 bits per heavy atom. The van der Waals surface area contributed by atoms with E-state index in [-0.39, 0.29) is 12.5 Å². The molecule has 11 heteroatoms. The molecule has 208 valence electrons. The van der Waals surface area contributed by atoms with E-state index in [4.69, 9.17) is 36.0 Å². The van der Waals surface area contributed by atoms with Crippen molar-refractivity contribution in [2.24, 2.45) is 5.16 Å².